The van der Waals surface area contributed by atoms with Gasteiger partial charge in [-0.3, -0.25) is 9.97 Å². The number of rotatable bonds is 10. The van der Waals surface area contributed by atoms with Crippen LogP contribution in [0.3, 0.4) is 0 Å². The first-order chi connectivity index (χ1) is 34.3. The van der Waals surface area contributed by atoms with Gasteiger partial charge in [0, 0.05) is 93.2 Å². The fourth-order valence-electron chi connectivity index (χ4n) is 8.33. The number of pyridine rings is 2. The van der Waals surface area contributed by atoms with Crippen molar-refractivity contribution >= 4 is 78.2 Å². The lowest BCUT2D eigenvalue weighted by molar-refractivity contribution is 0.629. The average Bonchev–Trinajstić information content (AvgIpc) is 4.03. The Hall–Kier alpha value is -8.58. The van der Waals surface area contributed by atoms with Crippen LogP contribution in [0.1, 0.15) is 11.1 Å². The number of nitrogens with one attached hydrogen (secondary N) is 2. The number of halogens is 4. The van der Waals surface area contributed by atoms with Gasteiger partial charge in [-0.05, 0) is 120 Å². The Morgan fingerprint density at radius 3 is 1.49 bits per heavy atom. The lowest BCUT2D eigenvalue weighted by Gasteiger charge is -2.13. The van der Waals surface area contributed by atoms with Gasteiger partial charge < -0.3 is 19.8 Å². The summed E-state index contributed by atoms with van der Waals surface area (Å²) in [5, 5.41) is 12.0. The molecule has 6 aromatic heterocycles. The van der Waals surface area contributed by atoms with E-state index in [4.69, 9.17) is 43.1 Å². The van der Waals surface area contributed by atoms with Crippen molar-refractivity contribution in [2.75, 3.05) is 10.6 Å². The zero-order chi connectivity index (χ0) is 47.6. The van der Waals surface area contributed by atoms with E-state index in [-0.39, 0.29) is 11.6 Å². The highest BCUT2D eigenvalue weighted by Crippen LogP contribution is 2.33. The molecule has 0 aliphatic carbocycles. The van der Waals surface area contributed by atoms with Crippen LogP contribution >= 0.6 is 23.2 Å². The minimum atomic E-state index is -0.362. The largest absolute Gasteiger partial charge is 0.381 e. The van der Waals surface area contributed by atoms with Gasteiger partial charge >= 0.3 is 0 Å². The maximum atomic E-state index is 14.6. The third-order valence-electron chi connectivity index (χ3n) is 11.8. The molecule has 0 amide bonds. The minimum Gasteiger partial charge on any atom is -0.381 e. The molecule has 0 atom stereocenters. The Balaban J connectivity index is 0.000000152. The molecule has 0 aliphatic heterocycles. The summed E-state index contributed by atoms with van der Waals surface area (Å²) in [5.41, 5.74) is 8.11. The Morgan fingerprint density at radius 1 is 0.457 bits per heavy atom. The fraction of sp³-hybridized carbons (Fsp3) is 0.0357. The van der Waals surface area contributed by atoms with E-state index in [9.17, 15) is 8.78 Å². The molecule has 70 heavy (non-hydrogen) atoms. The number of hydrogen-bond acceptors (Lipinski definition) is 8. The van der Waals surface area contributed by atoms with Crippen molar-refractivity contribution in [3.05, 3.63) is 228 Å². The number of hydrogen-bond donors (Lipinski definition) is 2. The normalized spacial score (nSPS) is 11.3. The fourth-order valence-corrected chi connectivity index (χ4v) is 8.67. The van der Waals surface area contributed by atoms with Crippen LogP contribution < -0.4 is 10.6 Å². The number of anilines is 2. The SMILES string of the molecule is Fc1ccccc1-c1nc(-n2ccc3cnccc32)c2cc(NCc3ccc(Cl)cc3)ccc2n1.Fc1ccccc1-c1nc(-n2ccc3cnccc32)c2cc(NCc3cccc(Cl)c3)ccc2n1. The van der Waals surface area contributed by atoms with Crippen LogP contribution in [0.25, 0.3) is 78.0 Å². The van der Waals surface area contributed by atoms with Crippen LogP contribution in [-0.4, -0.2) is 39.0 Å². The van der Waals surface area contributed by atoms with Crippen molar-refractivity contribution in [1.82, 2.24) is 39.0 Å². The van der Waals surface area contributed by atoms with Crippen molar-refractivity contribution in [2.45, 2.75) is 13.1 Å². The summed E-state index contributed by atoms with van der Waals surface area (Å²) in [4.78, 5) is 27.5. The predicted molar refractivity (Wildman–Crippen MR) is 277 cm³/mol. The van der Waals surface area contributed by atoms with Crippen molar-refractivity contribution in [1.29, 1.82) is 0 Å². The molecule has 0 unspecified atom stereocenters. The predicted octanol–water partition coefficient (Wildman–Crippen LogP) is 14.1. The van der Waals surface area contributed by atoms with Crippen molar-refractivity contribution in [3.8, 4) is 34.4 Å². The van der Waals surface area contributed by atoms with Gasteiger partial charge in [0.2, 0.25) is 0 Å². The molecule has 0 radical (unpaired) electrons. The van der Waals surface area contributed by atoms with Gasteiger partial charge in [-0.15, -0.1) is 0 Å². The first-order valence-corrected chi connectivity index (χ1v) is 23.0. The highest BCUT2D eigenvalue weighted by Gasteiger charge is 2.18. The molecule has 340 valence electrons. The third-order valence-corrected chi connectivity index (χ3v) is 12.3. The lowest BCUT2D eigenvalue weighted by atomic mass is 10.1. The molecule has 0 saturated heterocycles. The van der Waals surface area contributed by atoms with Crippen molar-refractivity contribution in [3.63, 3.8) is 0 Å². The van der Waals surface area contributed by atoms with Gasteiger partial charge in [0.05, 0.1) is 33.2 Å². The summed E-state index contributed by atoms with van der Waals surface area (Å²) in [6.07, 6.45) is 11.0. The van der Waals surface area contributed by atoms with Gasteiger partial charge in [0.15, 0.2) is 11.6 Å². The molecule has 12 aromatic rings. The molecule has 0 saturated carbocycles. The van der Waals surface area contributed by atoms with E-state index >= 15 is 0 Å². The highest BCUT2D eigenvalue weighted by atomic mass is 35.5. The van der Waals surface area contributed by atoms with E-state index in [1.165, 1.54) is 12.1 Å². The monoisotopic (exact) mass is 958 g/mol. The molecule has 6 aromatic carbocycles. The molecule has 0 fully saturated rings. The summed E-state index contributed by atoms with van der Waals surface area (Å²) in [6, 6.07) is 48.3. The first-order valence-electron chi connectivity index (χ1n) is 22.2. The molecule has 12 rings (SSSR count). The lowest BCUT2D eigenvalue weighted by Crippen LogP contribution is -2.04. The standard InChI is InChI=1S/2C28H19ClFN5/c29-20-5-3-4-18(14-20)16-32-21-8-9-25-23(15-21)28(35-13-11-19-17-31-12-10-26(19)35)34-27(33-25)22-6-1-2-7-24(22)30;29-20-7-5-18(6-8-20)16-32-21-9-10-25-23(15-21)28(35-14-12-19-17-31-13-11-26(19)35)34-27(33-25)22-3-1-2-4-24(22)30/h2*1-15,17,32H,16H2. The van der Waals surface area contributed by atoms with E-state index < -0.39 is 0 Å². The van der Waals surface area contributed by atoms with E-state index in [0.29, 0.717) is 57.5 Å². The van der Waals surface area contributed by atoms with Crippen LogP contribution in [0.5, 0.6) is 0 Å². The summed E-state index contributed by atoms with van der Waals surface area (Å²) in [5.74, 6) is 1.29. The van der Waals surface area contributed by atoms with Crippen LogP contribution in [-0.2, 0) is 13.1 Å². The minimum absolute atomic E-state index is 0.334. The first kappa shape index (κ1) is 44.0. The average molecular weight is 960 g/mol. The summed E-state index contributed by atoms with van der Waals surface area (Å²) >= 11 is 12.1. The smallest absolute Gasteiger partial charge is 0.165 e. The zero-order valence-corrected chi connectivity index (χ0v) is 38.5. The quantitative estimate of drug-likeness (QED) is 0.139. The molecule has 0 spiro atoms. The maximum absolute atomic E-state index is 14.6. The number of fused-ring (bicyclic) bond motifs is 4. The van der Waals surface area contributed by atoms with Crippen LogP contribution in [0.4, 0.5) is 20.2 Å². The topological polar surface area (TPSA) is 111 Å². The van der Waals surface area contributed by atoms with E-state index in [2.05, 4.69) is 20.6 Å². The molecule has 0 aliphatic rings. The Morgan fingerprint density at radius 2 is 0.971 bits per heavy atom. The Bertz CT molecular complexity index is 3880. The van der Waals surface area contributed by atoms with E-state index in [0.717, 1.165) is 66.1 Å². The molecular weight excluding hydrogens is 922 g/mol. The summed E-state index contributed by atoms with van der Waals surface area (Å²) in [6.45, 7) is 1.26. The van der Waals surface area contributed by atoms with Gasteiger partial charge in [0.1, 0.15) is 23.3 Å². The van der Waals surface area contributed by atoms with Gasteiger partial charge in [0.25, 0.3) is 0 Å². The van der Waals surface area contributed by atoms with Crippen molar-refractivity contribution < 1.29 is 8.78 Å². The molecule has 0 bridgehead atoms. The van der Waals surface area contributed by atoms with Crippen LogP contribution in [0.2, 0.25) is 10.0 Å². The Labute approximate surface area is 409 Å². The van der Waals surface area contributed by atoms with Crippen LogP contribution in [0, 0.1) is 11.6 Å². The molecule has 14 heteroatoms. The zero-order valence-electron chi connectivity index (χ0n) is 37.0. The maximum Gasteiger partial charge on any atom is 0.165 e. The summed E-state index contributed by atoms with van der Waals surface area (Å²) in [7, 11) is 0. The highest BCUT2D eigenvalue weighted by molar-refractivity contribution is 6.30. The van der Waals surface area contributed by atoms with Gasteiger partial charge in [-0.2, -0.15) is 0 Å². The number of aromatic nitrogens is 8. The summed E-state index contributed by atoms with van der Waals surface area (Å²) < 4.78 is 33.3. The second kappa shape index (κ2) is 19.2. The number of nitrogens with zero attached hydrogens (tertiary/aromatic N) is 8. The molecule has 6 heterocycles. The Kier molecular flexibility index (Phi) is 12.1. The number of benzene rings is 6. The van der Waals surface area contributed by atoms with Gasteiger partial charge in [-0.1, -0.05) is 71.7 Å². The van der Waals surface area contributed by atoms with Gasteiger partial charge in [-0.25, -0.2) is 28.7 Å². The second-order valence-corrected chi connectivity index (χ2v) is 17.2. The second-order valence-electron chi connectivity index (χ2n) is 16.4. The van der Waals surface area contributed by atoms with E-state index in [1.807, 2.05) is 143 Å². The molecule has 2 N–H and O–H groups in total. The molecular formula is C56H38Cl2F2N10. The van der Waals surface area contributed by atoms with Crippen LogP contribution in [0.15, 0.2) is 195 Å². The van der Waals surface area contributed by atoms with E-state index in [1.54, 1.807) is 48.8 Å². The third kappa shape index (κ3) is 9.08. The molecule has 10 nitrogen and oxygen atoms in total. The van der Waals surface area contributed by atoms with Crippen molar-refractivity contribution in [2.24, 2.45) is 0 Å².